The van der Waals surface area contributed by atoms with Crippen LogP contribution in [0.1, 0.15) is 31.0 Å². The Labute approximate surface area is 167 Å². The number of ether oxygens (including phenoxy) is 1. The minimum Gasteiger partial charge on any atom is -0.381 e. The van der Waals surface area contributed by atoms with Crippen molar-refractivity contribution in [3.8, 4) is 0 Å². The Hall–Kier alpha value is -1.89. The van der Waals surface area contributed by atoms with Gasteiger partial charge in [-0.25, -0.2) is 4.98 Å². The zero-order chi connectivity index (χ0) is 18.9. The molecule has 1 aromatic carbocycles. The molecule has 1 aliphatic rings. The van der Waals surface area contributed by atoms with Gasteiger partial charge in [0.1, 0.15) is 12.1 Å². The van der Waals surface area contributed by atoms with Gasteiger partial charge in [-0.3, -0.25) is 0 Å². The standard InChI is InChI=1S/C19H21Cl2N5O/c1-2-14-10-17(26-18(25-14)23-12-24-26)22-11-19(5-7-27-8-6-19)15-4-3-13(20)9-16(15)21/h3-4,9-10,12,22H,2,5-8,11H2,1H3. The van der Waals surface area contributed by atoms with Crippen molar-refractivity contribution < 1.29 is 4.74 Å². The number of nitrogens with one attached hydrogen (secondary N) is 1. The normalized spacial score (nSPS) is 16.6. The molecule has 3 aromatic rings. The Bertz CT molecular complexity index is 952. The second-order valence-corrected chi connectivity index (χ2v) is 7.67. The molecular weight excluding hydrogens is 385 g/mol. The van der Waals surface area contributed by atoms with E-state index in [1.54, 1.807) is 4.52 Å². The lowest BCUT2D eigenvalue weighted by molar-refractivity contribution is 0.0544. The molecule has 1 N–H and O–H groups in total. The van der Waals surface area contributed by atoms with Gasteiger partial charge in [-0.05, 0) is 37.0 Å². The maximum Gasteiger partial charge on any atom is 0.254 e. The number of aromatic nitrogens is 4. The Balaban J connectivity index is 1.68. The molecule has 0 saturated carbocycles. The van der Waals surface area contributed by atoms with Gasteiger partial charge in [0.15, 0.2) is 0 Å². The first-order valence-electron chi connectivity index (χ1n) is 9.08. The monoisotopic (exact) mass is 405 g/mol. The van der Waals surface area contributed by atoms with Crippen LogP contribution in [0.25, 0.3) is 5.78 Å². The minimum absolute atomic E-state index is 0.136. The third-order valence-electron chi connectivity index (χ3n) is 5.23. The largest absolute Gasteiger partial charge is 0.381 e. The Morgan fingerprint density at radius 2 is 2.04 bits per heavy atom. The Kier molecular flexibility index (Phi) is 5.21. The number of nitrogens with zero attached hydrogens (tertiary/aromatic N) is 4. The van der Waals surface area contributed by atoms with E-state index in [1.165, 1.54) is 6.33 Å². The maximum atomic E-state index is 6.57. The quantitative estimate of drug-likeness (QED) is 0.690. The van der Waals surface area contributed by atoms with E-state index in [4.69, 9.17) is 27.9 Å². The molecule has 0 atom stereocenters. The first-order chi connectivity index (χ1) is 13.1. The summed E-state index contributed by atoms with van der Waals surface area (Å²) in [5, 5.41) is 9.21. The molecule has 0 radical (unpaired) electrons. The molecule has 2 aromatic heterocycles. The van der Waals surface area contributed by atoms with Gasteiger partial charge in [-0.1, -0.05) is 36.2 Å². The van der Waals surface area contributed by atoms with Gasteiger partial charge in [-0.15, -0.1) is 0 Å². The predicted molar refractivity (Wildman–Crippen MR) is 107 cm³/mol. The lowest BCUT2D eigenvalue weighted by Crippen LogP contribution is -2.40. The van der Waals surface area contributed by atoms with Crippen LogP contribution < -0.4 is 5.32 Å². The summed E-state index contributed by atoms with van der Waals surface area (Å²) in [5.74, 6) is 1.48. The van der Waals surface area contributed by atoms with E-state index in [-0.39, 0.29) is 5.41 Å². The summed E-state index contributed by atoms with van der Waals surface area (Å²) < 4.78 is 7.35. The van der Waals surface area contributed by atoms with E-state index in [0.717, 1.165) is 36.3 Å². The van der Waals surface area contributed by atoms with Crippen LogP contribution in [0.15, 0.2) is 30.6 Å². The van der Waals surface area contributed by atoms with Crippen LogP contribution >= 0.6 is 23.2 Å². The summed E-state index contributed by atoms with van der Waals surface area (Å²) in [6.45, 7) is 4.19. The third-order valence-corrected chi connectivity index (χ3v) is 5.78. The highest BCUT2D eigenvalue weighted by molar-refractivity contribution is 6.35. The summed E-state index contributed by atoms with van der Waals surface area (Å²) in [6.07, 6.45) is 4.12. The second kappa shape index (κ2) is 7.62. The van der Waals surface area contributed by atoms with Crippen LogP contribution in [0.5, 0.6) is 0 Å². The van der Waals surface area contributed by atoms with Crippen LogP contribution in [0.3, 0.4) is 0 Å². The summed E-state index contributed by atoms with van der Waals surface area (Å²) in [4.78, 5) is 8.73. The van der Waals surface area contributed by atoms with Gasteiger partial charge >= 0.3 is 0 Å². The average Bonchev–Trinajstić information content (AvgIpc) is 3.15. The van der Waals surface area contributed by atoms with Crippen molar-refractivity contribution in [1.82, 2.24) is 19.6 Å². The molecule has 0 aliphatic carbocycles. The van der Waals surface area contributed by atoms with E-state index >= 15 is 0 Å². The van der Waals surface area contributed by atoms with E-state index in [2.05, 4.69) is 27.3 Å². The molecule has 0 unspecified atom stereocenters. The molecule has 1 fully saturated rings. The van der Waals surface area contributed by atoms with Crippen molar-refractivity contribution in [3.63, 3.8) is 0 Å². The first kappa shape index (κ1) is 18.5. The van der Waals surface area contributed by atoms with E-state index < -0.39 is 0 Å². The molecular formula is C19H21Cl2N5O. The minimum atomic E-state index is -0.136. The van der Waals surface area contributed by atoms with E-state index in [1.807, 2.05) is 24.3 Å². The summed E-state index contributed by atoms with van der Waals surface area (Å²) in [7, 11) is 0. The van der Waals surface area contributed by atoms with Crippen molar-refractivity contribution in [3.05, 3.63) is 51.9 Å². The smallest absolute Gasteiger partial charge is 0.254 e. The van der Waals surface area contributed by atoms with Gasteiger partial charge in [0.2, 0.25) is 0 Å². The summed E-state index contributed by atoms with van der Waals surface area (Å²) >= 11 is 12.7. The second-order valence-electron chi connectivity index (χ2n) is 6.83. The number of hydrogen-bond donors (Lipinski definition) is 1. The van der Waals surface area contributed by atoms with Crippen LogP contribution in [0, 0.1) is 0 Å². The van der Waals surface area contributed by atoms with Crippen LogP contribution in [0.4, 0.5) is 5.82 Å². The molecule has 1 aliphatic heterocycles. The fraction of sp³-hybridized carbons (Fsp3) is 0.421. The van der Waals surface area contributed by atoms with E-state index in [0.29, 0.717) is 35.6 Å². The molecule has 1 saturated heterocycles. The molecule has 0 amide bonds. The molecule has 0 spiro atoms. The van der Waals surface area contributed by atoms with Crippen molar-refractivity contribution in [2.75, 3.05) is 25.1 Å². The lowest BCUT2D eigenvalue weighted by Gasteiger charge is -2.38. The van der Waals surface area contributed by atoms with Gasteiger partial charge < -0.3 is 10.1 Å². The number of fused-ring (bicyclic) bond motifs is 1. The summed E-state index contributed by atoms with van der Waals surface area (Å²) in [6, 6.07) is 7.77. The maximum absolute atomic E-state index is 6.57. The fourth-order valence-corrected chi connectivity index (χ4v) is 4.26. The van der Waals surface area contributed by atoms with Crippen LogP contribution in [0.2, 0.25) is 10.0 Å². The van der Waals surface area contributed by atoms with Crippen LogP contribution in [-0.4, -0.2) is 39.3 Å². The van der Waals surface area contributed by atoms with Gasteiger partial charge in [0.25, 0.3) is 5.78 Å². The van der Waals surface area contributed by atoms with Gasteiger partial charge in [-0.2, -0.15) is 14.6 Å². The van der Waals surface area contributed by atoms with Crippen LogP contribution in [-0.2, 0) is 16.6 Å². The molecule has 0 bridgehead atoms. The van der Waals surface area contributed by atoms with Gasteiger partial charge in [0.05, 0.1) is 0 Å². The topological polar surface area (TPSA) is 64.3 Å². The molecule has 3 heterocycles. The molecule has 8 heteroatoms. The number of anilines is 1. The molecule has 142 valence electrons. The number of benzene rings is 1. The SMILES string of the molecule is CCc1cc(NCC2(c3ccc(Cl)cc3Cl)CCOCC2)n2ncnc2n1. The zero-order valence-corrected chi connectivity index (χ0v) is 16.6. The number of hydrogen-bond acceptors (Lipinski definition) is 5. The van der Waals surface area contributed by atoms with Crippen molar-refractivity contribution in [2.45, 2.75) is 31.6 Å². The number of aryl methyl sites for hydroxylation is 1. The average molecular weight is 406 g/mol. The fourth-order valence-electron chi connectivity index (χ4n) is 3.65. The summed E-state index contributed by atoms with van der Waals surface area (Å²) in [5.41, 5.74) is 1.94. The van der Waals surface area contributed by atoms with Crippen molar-refractivity contribution in [1.29, 1.82) is 0 Å². The lowest BCUT2D eigenvalue weighted by atomic mass is 9.74. The highest BCUT2D eigenvalue weighted by atomic mass is 35.5. The molecule has 6 nitrogen and oxygen atoms in total. The Morgan fingerprint density at radius 1 is 1.22 bits per heavy atom. The van der Waals surface area contributed by atoms with E-state index in [9.17, 15) is 0 Å². The highest BCUT2D eigenvalue weighted by Gasteiger charge is 2.36. The zero-order valence-electron chi connectivity index (χ0n) is 15.1. The third kappa shape index (κ3) is 3.61. The number of halogens is 2. The molecule has 27 heavy (non-hydrogen) atoms. The first-order valence-corrected chi connectivity index (χ1v) is 9.84. The van der Waals surface area contributed by atoms with Crippen molar-refractivity contribution >= 4 is 34.8 Å². The van der Waals surface area contributed by atoms with Crippen molar-refractivity contribution in [2.24, 2.45) is 0 Å². The predicted octanol–water partition coefficient (Wildman–Crippen LogP) is 4.15. The van der Waals surface area contributed by atoms with Gasteiger partial charge in [0, 0.05) is 47.0 Å². The highest BCUT2D eigenvalue weighted by Crippen LogP contribution is 2.39. The number of rotatable bonds is 5. The molecule has 4 rings (SSSR count). The Morgan fingerprint density at radius 3 is 2.78 bits per heavy atom.